The molecule has 2 aliphatic heterocycles. The number of rotatable bonds is 6. The van der Waals surface area contributed by atoms with E-state index in [0.29, 0.717) is 37.2 Å². The molecule has 4 rings (SSSR count). The smallest absolute Gasteiger partial charge is 0.289 e. The Morgan fingerprint density at radius 2 is 1.71 bits per heavy atom. The number of amides is 3. The first kappa shape index (κ1) is 21.1. The van der Waals surface area contributed by atoms with Crippen molar-refractivity contribution in [2.45, 2.75) is 12.8 Å². The zero-order chi connectivity index (χ0) is 21.8. The van der Waals surface area contributed by atoms with Crippen LogP contribution < -0.4 is 4.74 Å². The first-order valence-corrected chi connectivity index (χ1v) is 11.1. The number of hydrogen-bond acceptors (Lipinski definition) is 6. The highest BCUT2D eigenvalue weighted by Gasteiger charge is 2.35. The SMILES string of the molecule is O=C(c1ccc(Oc2ccccc2)cc1)[C@H]1CCCN(C(=O)CN2C(=O)CSC2=O)C1. The van der Waals surface area contributed by atoms with Crippen molar-refractivity contribution in [3.63, 3.8) is 0 Å². The van der Waals surface area contributed by atoms with E-state index >= 15 is 0 Å². The predicted molar refractivity (Wildman–Crippen MR) is 116 cm³/mol. The second-order valence-electron chi connectivity index (χ2n) is 7.52. The summed E-state index contributed by atoms with van der Waals surface area (Å²) in [7, 11) is 0. The second-order valence-corrected chi connectivity index (χ2v) is 8.44. The van der Waals surface area contributed by atoms with Crippen LogP contribution in [0.2, 0.25) is 0 Å². The topological polar surface area (TPSA) is 84.0 Å². The van der Waals surface area contributed by atoms with Crippen LogP contribution >= 0.6 is 11.8 Å². The lowest BCUT2D eigenvalue weighted by Crippen LogP contribution is -2.47. The van der Waals surface area contributed by atoms with Crippen LogP contribution in [0, 0.1) is 5.92 Å². The summed E-state index contributed by atoms with van der Waals surface area (Å²) in [4.78, 5) is 51.7. The Kier molecular flexibility index (Phi) is 6.36. The van der Waals surface area contributed by atoms with Crippen molar-refractivity contribution < 1.29 is 23.9 Å². The van der Waals surface area contributed by atoms with Crippen molar-refractivity contribution in [1.29, 1.82) is 0 Å². The lowest BCUT2D eigenvalue weighted by atomic mass is 9.90. The molecule has 2 aromatic rings. The molecule has 8 heteroatoms. The molecule has 2 aromatic carbocycles. The normalized spacial score (nSPS) is 18.9. The highest BCUT2D eigenvalue weighted by molar-refractivity contribution is 8.14. The summed E-state index contributed by atoms with van der Waals surface area (Å²) >= 11 is 0.909. The van der Waals surface area contributed by atoms with Crippen molar-refractivity contribution in [2.75, 3.05) is 25.4 Å². The van der Waals surface area contributed by atoms with Gasteiger partial charge < -0.3 is 9.64 Å². The maximum Gasteiger partial charge on any atom is 0.289 e. The van der Waals surface area contributed by atoms with Crippen molar-refractivity contribution in [3.8, 4) is 11.5 Å². The van der Waals surface area contributed by atoms with Gasteiger partial charge in [0.15, 0.2) is 5.78 Å². The summed E-state index contributed by atoms with van der Waals surface area (Å²) in [6.07, 6.45) is 1.40. The van der Waals surface area contributed by atoms with Crippen LogP contribution in [0.4, 0.5) is 4.79 Å². The molecule has 160 valence electrons. The molecular formula is C23H22N2O5S. The number of ether oxygens (including phenoxy) is 1. The molecule has 2 fully saturated rings. The zero-order valence-corrected chi connectivity index (χ0v) is 17.7. The molecule has 0 aromatic heterocycles. The molecule has 0 N–H and O–H groups in total. The first-order chi connectivity index (χ1) is 15.0. The molecule has 0 radical (unpaired) electrons. The second kappa shape index (κ2) is 9.34. The van der Waals surface area contributed by atoms with Crippen LogP contribution in [-0.4, -0.2) is 58.0 Å². The number of carbonyl (C=O) groups is 4. The summed E-state index contributed by atoms with van der Waals surface area (Å²) in [5.41, 5.74) is 0.570. The molecule has 0 saturated carbocycles. The number of ketones is 1. The van der Waals surface area contributed by atoms with Gasteiger partial charge in [-0.3, -0.25) is 24.1 Å². The number of hydrogen-bond donors (Lipinski definition) is 0. The average molecular weight is 439 g/mol. The summed E-state index contributed by atoms with van der Waals surface area (Å²) in [6.45, 7) is 0.566. The van der Waals surface area contributed by atoms with Gasteiger partial charge in [0, 0.05) is 24.6 Å². The quantitative estimate of drug-likeness (QED) is 0.641. The highest BCUT2D eigenvalue weighted by Crippen LogP contribution is 2.25. The fraction of sp³-hybridized carbons (Fsp3) is 0.304. The van der Waals surface area contributed by atoms with Crippen LogP contribution in [0.25, 0.3) is 0 Å². The van der Waals surface area contributed by atoms with E-state index in [1.165, 1.54) is 0 Å². The fourth-order valence-electron chi connectivity index (χ4n) is 3.73. The van der Waals surface area contributed by atoms with E-state index in [1.54, 1.807) is 29.2 Å². The molecule has 0 unspecified atom stereocenters. The molecule has 0 bridgehead atoms. The van der Waals surface area contributed by atoms with Gasteiger partial charge in [-0.05, 0) is 49.2 Å². The summed E-state index contributed by atoms with van der Waals surface area (Å²) < 4.78 is 5.76. The van der Waals surface area contributed by atoms with Crippen molar-refractivity contribution in [2.24, 2.45) is 5.92 Å². The Bertz CT molecular complexity index is 977. The molecule has 2 aliphatic rings. The minimum absolute atomic E-state index is 0.0207. The van der Waals surface area contributed by atoms with E-state index in [-0.39, 0.29) is 41.1 Å². The van der Waals surface area contributed by atoms with Gasteiger partial charge in [0.1, 0.15) is 18.0 Å². The van der Waals surface area contributed by atoms with Crippen LogP contribution in [0.5, 0.6) is 11.5 Å². The van der Waals surface area contributed by atoms with E-state index in [4.69, 9.17) is 4.74 Å². The van der Waals surface area contributed by atoms with E-state index in [2.05, 4.69) is 0 Å². The Balaban J connectivity index is 1.36. The van der Waals surface area contributed by atoms with E-state index < -0.39 is 0 Å². The number of imide groups is 1. The van der Waals surface area contributed by atoms with Gasteiger partial charge >= 0.3 is 0 Å². The van der Waals surface area contributed by atoms with E-state index in [1.807, 2.05) is 30.3 Å². The number of thioether (sulfide) groups is 1. The number of piperidine rings is 1. The van der Waals surface area contributed by atoms with Crippen LogP contribution in [0.15, 0.2) is 54.6 Å². The third-order valence-electron chi connectivity index (χ3n) is 5.40. The van der Waals surface area contributed by atoms with E-state index in [0.717, 1.165) is 22.4 Å². The Morgan fingerprint density at radius 1 is 1.00 bits per heavy atom. The maximum atomic E-state index is 13.0. The number of Topliss-reactive ketones (excluding diaryl/α,β-unsaturated/α-hetero) is 1. The Hall–Kier alpha value is -3.13. The molecule has 2 heterocycles. The molecular weight excluding hydrogens is 416 g/mol. The van der Waals surface area contributed by atoms with Gasteiger partial charge in [0.25, 0.3) is 5.24 Å². The van der Waals surface area contributed by atoms with Gasteiger partial charge in [-0.25, -0.2) is 0 Å². The minimum Gasteiger partial charge on any atom is -0.457 e. The summed E-state index contributed by atoms with van der Waals surface area (Å²) in [5.74, 6) is 0.471. The number of nitrogens with zero attached hydrogens (tertiary/aromatic N) is 2. The molecule has 0 aliphatic carbocycles. The first-order valence-electron chi connectivity index (χ1n) is 10.1. The number of para-hydroxylation sites is 1. The van der Waals surface area contributed by atoms with Gasteiger partial charge in [-0.2, -0.15) is 0 Å². The lowest BCUT2D eigenvalue weighted by molar-refractivity contribution is -0.137. The molecule has 31 heavy (non-hydrogen) atoms. The van der Waals surface area contributed by atoms with Gasteiger partial charge in [0.2, 0.25) is 11.8 Å². The highest BCUT2D eigenvalue weighted by atomic mass is 32.2. The Morgan fingerprint density at radius 3 is 2.39 bits per heavy atom. The number of benzene rings is 2. The number of carbonyl (C=O) groups excluding carboxylic acids is 4. The standard InChI is InChI=1S/C23H22N2O5S/c26-20(14-25-21(27)15-31-23(25)29)24-12-4-5-17(13-24)22(28)16-8-10-19(11-9-16)30-18-6-2-1-3-7-18/h1-3,6-11,17H,4-5,12-15H2/t17-/m0/s1. The third-order valence-corrected chi connectivity index (χ3v) is 6.26. The van der Waals surface area contributed by atoms with E-state index in [9.17, 15) is 19.2 Å². The van der Waals surface area contributed by atoms with Crippen LogP contribution in [0.1, 0.15) is 23.2 Å². The van der Waals surface area contributed by atoms with Gasteiger partial charge in [0.05, 0.1) is 5.75 Å². The Labute approximate surface area is 184 Å². The maximum absolute atomic E-state index is 13.0. The zero-order valence-electron chi connectivity index (χ0n) is 16.9. The van der Waals surface area contributed by atoms with Gasteiger partial charge in [-0.1, -0.05) is 30.0 Å². The largest absolute Gasteiger partial charge is 0.457 e. The summed E-state index contributed by atoms with van der Waals surface area (Å²) in [5, 5.41) is -0.388. The van der Waals surface area contributed by atoms with Gasteiger partial charge in [-0.15, -0.1) is 0 Å². The molecule has 3 amide bonds. The van der Waals surface area contributed by atoms with Crippen LogP contribution in [0.3, 0.4) is 0 Å². The van der Waals surface area contributed by atoms with Crippen molar-refractivity contribution in [3.05, 3.63) is 60.2 Å². The van der Waals surface area contributed by atoms with Crippen molar-refractivity contribution in [1.82, 2.24) is 9.80 Å². The molecule has 0 spiro atoms. The number of likely N-dealkylation sites (tertiary alicyclic amines) is 1. The third kappa shape index (κ3) is 4.96. The lowest BCUT2D eigenvalue weighted by Gasteiger charge is -2.32. The molecule has 7 nitrogen and oxygen atoms in total. The van der Waals surface area contributed by atoms with Crippen molar-refractivity contribution >= 4 is 34.6 Å². The average Bonchev–Trinajstić information content (AvgIpc) is 3.12. The fourth-order valence-corrected chi connectivity index (χ4v) is 4.46. The monoisotopic (exact) mass is 438 g/mol. The minimum atomic E-state index is -0.388. The van der Waals surface area contributed by atoms with Crippen LogP contribution in [-0.2, 0) is 9.59 Å². The molecule has 2 saturated heterocycles. The summed E-state index contributed by atoms with van der Waals surface area (Å²) in [6, 6.07) is 16.4. The predicted octanol–water partition coefficient (Wildman–Crippen LogP) is 3.60. The molecule has 1 atom stereocenters.